The van der Waals surface area contributed by atoms with Gasteiger partial charge in [-0.15, -0.1) is 11.3 Å². The van der Waals surface area contributed by atoms with E-state index in [0.29, 0.717) is 6.04 Å². The summed E-state index contributed by atoms with van der Waals surface area (Å²) in [5.41, 5.74) is 1.10. The second-order valence-electron chi connectivity index (χ2n) is 4.58. The molecule has 1 fully saturated rings. The van der Waals surface area contributed by atoms with Crippen LogP contribution in [0.4, 0.5) is 0 Å². The number of aromatic nitrogens is 1. The molecule has 0 bridgehead atoms. The lowest BCUT2D eigenvalue weighted by Gasteiger charge is -2.09. The van der Waals surface area contributed by atoms with E-state index in [9.17, 15) is 0 Å². The fraction of sp³-hybridized carbons (Fsp3) is 0.462. The van der Waals surface area contributed by atoms with Gasteiger partial charge in [0.25, 0.3) is 0 Å². The summed E-state index contributed by atoms with van der Waals surface area (Å²) in [4.78, 5) is 4.66. The van der Waals surface area contributed by atoms with E-state index in [1.807, 2.05) is 0 Å². The van der Waals surface area contributed by atoms with E-state index in [1.165, 1.54) is 35.4 Å². The smallest absolute Gasteiger partial charge is 0.108 e. The first-order chi connectivity index (χ1) is 8.31. The number of benzene rings is 1. The molecular weight excluding hydrogens is 296 g/mol. The third kappa shape index (κ3) is 2.69. The first-order valence-electron chi connectivity index (χ1n) is 6.09. The number of hydrogen-bond donors (Lipinski definition) is 1. The molecule has 0 aliphatic heterocycles. The van der Waals surface area contributed by atoms with Crippen molar-refractivity contribution >= 4 is 37.5 Å². The van der Waals surface area contributed by atoms with Gasteiger partial charge >= 0.3 is 0 Å². The molecule has 0 amide bonds. The highest BCUT2D eigenvalue weighted by molar-refractivity contribution is 9.10. The zero-order valence-corrected chi connectivity index (χ0v) is 12.0. The van der Waals surface area contributed by atoms with Crippen molar-refractivity contribution in [2.75, 3.05) is 0 Å². The van der Waals surface area contributed by atoms with Crippen LogP contribution in [-0.2, 0) is 6.54 Å². The Balaban J connectivity index is 1.72. The number of rotatable bonds is 3. The van der Waals surface area contributed by atoms with E-state index in [2.05, 4.69) is 44.4 Å². The zero-order chi connectivity index (χ0) is 11.7. The van der Waals surface area contributed by atoms with Gasteiger partial charge in [-0.1, -0.05) is 28.8 Å². The molecule has 17 heavy (non-hydrogen) atoms. The molecule has 0 spiro atoms. The lowest BCUT2D eigenvalue weighted by molar-refractivity contribution is 0.523. The molecule has 90 valence electrons. The second-order valence-corrected chi connectivity index (χ2v) is 6.61. The van der Waals surface area contributed by atoms with Gasteiger partial charge in [-0.25, -0.2) is 4.98 Å². The van der Waals surface area contributed by atoms with Crippen LogP contribution in [0, 0.1) is 0 Å². The van der Waals surface area contributed by atoms with Gasteiger partial charge in [0.1, 0.15) is 5.01 Å². The Hall–Kier alpha value is -0.450. The molecule has 0 radical (unpaired) electrons. The van der Waals surface area contributed by atoms with Gasteiger partial charge in [-0.3, -0.25) is 0 Å². The predicted molar refractivity (Wildman–Crippen MR) is 76.4 cm³/mol. The standard InChI is InChI=1S/C13H15BrN2S/c14-9-5-6-12-11(7-9)16-13(17-12)8-15-10-3-1-2-4-10/h5-7,10,15H,1-4,8H2. The highest BCUT2D eigenvalue weighted by Crippen LogP contribution is 2.25. The van der Waals surface area contributed by atoms with Crippen LogP contribution in [0.1, 0.15) is 30.7 Å². The van der Waals surface area contributed by atoms with Gasteiger partial charge in [0.2, 0.25) is 0 Å². The normalized spacial score (nSPS) is 17.0. The number of thiazole rings is 1. The number of halogens is 1. The van der Waals surface area contributed by atoms with E-state index in [-0.39, 0.29) is 0 Å². The van der Waals surface area contributed by atoms with E-state index < -0.39 is 0 Å². The molecule has 2 aromatic rings. The molecule has 0 saturated heterocycles. The molecule has 1 aromatic heterocycles. The Bertz CT molecular complexity index is 517. The van der Waals surface area contributed by atoms with Gasteiger partial charge in [-0.2, -0.15) is 0 Å². The molecular formula is C13H15BrN2S. The van der Waals surface area contributed by atoms with Crippen molar-refractivity contribution in [2.45, 2.75) is 38.3 Å². The summed E-state index contributed by atoms with van der Waals surface area (Å²) in [5.74, 6) is 0. The van der Waals surface area contributed by atoms with Crippen LogP contribution in [0.5, 0.6) is 0 Å². The third-order valence-electron chi connectivity index (χ3n) is 3.29. The predicted octanol–water partition coefficient (Wildman–Crippen LogP) is 4.09. The van der Waals surface area contributed by atoms with Crippen molar-refractivity contribution < 1.29 is 0 Å². The van der Waals surface area contributed by atoms with Crippen LogP contribution in [-0.4, -0.2) is 11.0 Å². The Kier molecular flexibility index (Phi) is 3.45. The summed E-state index contributed by atoms with van der Waals surface area (Å²) in [6.07, 6.45) is 5.42. The average molecular weight is 311 g/mol. The summed E-state index contributed by atoms with van der Waals surface area (Å²) < 4.78 is 2.38. The fourth-order valence-corrected chi connectivity index (χ4v) is 3.63. The van der Waals surface area contributed by atoms with Crippen LogP contribution in [0.25, 0.3) is 10.2 Å². The number of nitrogens with zero attached hydrogens (tertiary/aromatic N) is 1. The molecule has 3 rings (SSSR count). The van der Waals surface area contributed by atoms with E-state index in [0.717, 1.165) is 16.5 Å². The second kappa shape index (κ2) is 5.04. The molecule has 1 N–H and O–H groups in total. The van der Waals surface area contributed by atoms with Crippen LogP contribution < -0.4 is 5.32 Å². The topological polar surface area (TPSA) is 24.9 Å². The summed E-state index contributed by atoms with van der Waals surface area (Å²) in [5, 5.41) is 4.81. The van der Waals surface area contributed by atoms with Gasteiger partial charge in [0.05, 0.1) is 10.2 Å². The Morgan fingerprint density at radius 1 is 1.35 bits per heavy atom. The monoisotopic (exact) mass is 310 g/mol. The molecule has 1 aliphatic rings. The van der Waals surface area contributed by atoms with Crippen LogP contribution in [0.15, 0.2) is 22.7 Å². The molecule has 2 nitrogen and oxygen atoms in total. The third-order valence-corrected chi connectivity index (χ3v) is 4.82. The van der Waals surface area contributed by atoms with Gasteiger partial charge in [0.15, 0.2) is 0 Å². The van der Waals surface area contributed by atoms with Gasteiger partial charge in [-0.05, 0) is 31.0 Å². The van der Waals surface area contributed by atoms with Crippen LogP contribution >= 0.6 is 27.3 Å². The number of fused-ring (bicyclic) bond motifs is 1. The molecule has 1 aliphatic carbocycles. The maximum absolute atomic E-state index is 4.66. The van der Waals surface area contributed by atoms with Crippen molar-refractivity contribution in [3.05, 3.63) is 27.7 Å². The minimum atomic E-state index is 0.716. The fourth-order valence-electron chi connectivity index (χ4n) is 2.39. The number of hydrogen-bond acceptors (Lipinski definition) is 3. The molecule has 1 heterocycles. The minimum absolute atomic E-state index is 0.716. The Morgan fingerprint density at radius 3 is 3.00 bits per heavy atom. The summed E-state index contributed by atoms with van der Waals surface area (Å²) >= 11 is 5.28. The largest absolute Gasteiger partial charge is 0.308 e. The van der Waals surface area contributed by atoms with Crippen molar-refractivity contribution in [2.24, 2.45) is 0 Å². The highest BCUT2D eigenvalue weighted by Gasteiger charge is 2.14. The SMILES string of the molecule is Brc1ccc2sc(CNC3CCCC3)nc2c1. The van der Waals surface area contributed by atoms with E-state index in [1.54, 1.807) is 11.3 Å². The zero-order valence-electron chi connectivity index (χ0n) is 9.58. The summed E-state index contributed by atoms with van der Waals surface area (Å²) in [6, 6.07) is 7.02. The maximum Gasteiger partial charge on any atom is 0.108 e. The maximum atomic E-state index is 4.66. The quantitative estimate of drug-likeness (QED) is 0.923. The van der Waals surface area contributed by atoms with E-state index >= 15 is 0 Å². The Morgan fingerprint density at radius 2 is 2.18 bits per heavy atom. The molecule has 0 unspecified atom stereocenters. The van der Waals surface area contributed by atoms with E-state index in [4.69, 9.17) is 0 Å². The van der Waals surface area contributed by atoms with Gasteiger partial charge < -0.3 is 5.32 Å². The van der Waals surface area contributed by atoms with Crippen molar-refractivity contribution in [3.8, 4) is 0 Å². The van der Waals surface area contributed by atoms with Crippen molar-refractivity contribution in [1.29, 1.82) is 0 Å². The summed E-state index contributed by atoms with van der Waals surface area (Å²) in [7, 11) is 0. The first-order valence-corrected chi connectivity index (χ1v) is 7.70. The number of nitrogens with one attached hydrogen (secondary N) is 1. The molecule has 4 heteroatoms. The average Bonchev–Trinajstić information content (AvgIpc) is 2.94. The van der Waals surface area contributed by atoms with Crippen LogP contribution in [0.2, 0.25) is 0 Å². The minimum Gasteiger partial charge on any atom is -0.308 e. The van der Waals surface area contributed by atoms with Crippen molar-refractivity contribution in [1.82, 2.24) is 10.3 Å². The highest BCUT2D eigenvalue weighted by atomic mass is 79.9. The Labute approximate surface area is 114 Å². The summed E-state index contributed by atoms with van der Waals surface area (Å²) in [6.45, 7) is 0.918. The van der Waals surface area contributed by atoms with Crippen LogP contribution in [0.3, 0.4) is 0 Å². The first kappa shape index (κ1) is 11.6. The van der Waals surface area contributed by atoms with Gasteiger partial charge in [0, 0.05) is 17.1 Å². The lowest BCUT2D eigenvalue weighted by atomic mass is 10.2. The lowest BCUT2D eigenvalue weighted by Crippen LogP contribution is -2.25. The van der Waals surface area contributed by atoms with Crippen molar-refractivity contribution in [3.63, 3.8) is 0 Å². The molecule has 0 atom stereocenters. The molecule has 1 aromatic carbocycles. The molecule has 1 saturated carbocycles.